The molecule has 14 rings (SSSR count). The Bertz CT molecular complexity index is 4190. The summed E-state index contributed by atoms with van der Waals surface area (Å²) in [7, 11) is 0. The van der Waals surface area contributed by atoms with Gasteiger partial charge in [0, 0.05) is 59.5 Å². The van der Waals surface area contributed by atoms with Gasteiger partial charge >= 0.3 is 0 Å². The number of aliphatic imine (C=N–C) groups is 2. The fraction of sp³-hybridized carbons (Fsp3) is 0.0909. The first kappa shape index (κ1) is 40.8. The lowest BCUT2D eigenvalue weighted by Gasteiger charge is -2.23. The number of amidine groups is 1. The molecule has 2 aromatic heterocycles. The van der Waals surface area contributed by atoms with Crippen LogP contribution in [0.15, 0.2) is 227 Å². The van der Waals surface area contributed by atoms with Gasteiger partial charge in [0.15, 0.2) is 5.84 Å². The van der Waals surface area contributed by atoms with Crippen molar-refractivity contribution in [3.05, 3.63) is 246 Å². The van der Waals surface area contributed by atoms with E-state index in [1.54, 1.807) is 0 Å². The van der Waals surface area contributed by atoms with Gasteiger partial charge in [0.25, 0.3) is 0 Å². The van der Waals surface area contributed by atoms with Crippen molar-refractivity contribution in [2.24, 2.45) is 15.9 Å². The lowest BCUT2D eigenvalue weighted by Crippen LogP contribution is -2.18. The van der Waals surface area contributed by atoms with Gasteiger partial charge in [0.1, 0.15) is 11.2 Å². The van der Waals surface area contributed by atoms with E-state index in [0.29, 0.717) is 0 Å². The normalized spacial score (nSPS) is 16.9. The molecule has 1 aliphatic heterocycles. The van der Waals surface area contributed by atoms with E-state index in [1.807, 2.05) is 11.3 Å². The zero-order chi connectivity index (χ0) is 46.3. The maximum Gasteiger partial charge on any atom is 0.161 e. The van der Waals surface area contributed by atoms with E-state index in [9.17, 15) is 0 Å². The minimum absolute atomic E-state index is 0.0357. The van der Waals surface area contributed by atoms with Crippen molar-refractivity contribution in [2.75, 3.05) is 0 Å². The van der Waals surface area contributed by atoms with Crippen LogP contribution in [-0.2, 0) is 6.42 Å². The van der Waals surface area contributed by atoms with E-state index in [-0.39, 0.29) is 11.8 Å². The average molecular weight is 915 g/mol. The van der Waals surface area contributed by atoms with Crippen LogP contribution in [0.5, 0.6) is 0 Å². The van der Waals surface area contributed by atoms with Crippen molar-refractivity contribution in [3.8, 4) is 22.3 Å². The second-order valence-electron chi connectivity index (χ2n) is 19.2. The number of furan rings is 1. The number of fused-ring (bicyclic) bond motifs is 11. The summed E-state index contributed by atoms with van der Waals surface area (Å²) in [6.07, 6.45) is 5.02. The number of hydrogen-bond acceptors (Lipinski definition) is 4. The molecule has 2 unspecified atom stereocenters. The Morgan fingerprint density at radius 3 is 2.01 bits per heavy atom. The third kappa shape index (κ3) is 6.85. The fourth-order valence-electron chi connectivity index (χ4n) is 11.5. The van der Waals surface area contributed by atoms with Crippen molar-refractivity contribution in [1.82, 2.24) is 0 Å². The maximum atomic E-state index is 6.94. The average Bonchev–Trinajstić information content (AvgIpc) is 3.94. The van der Waals surface area contributed by atoms with E-state index in [4.69, 9.17) is 14.4 Å². The molecule has 0 radical (unpaired) electrons. The third-order valence-corrected chi connectivity index (χ3v) is 16.2. The van der Waals surface area contributed by atoms with E-state index < -0.39 is 0 Å². The SMILES string of the molecule is CC1C/C=C(\c2cccc(-c3ccccc3)c2)N=C(c2cccc3c2sc2ccccc23)N=C1c1cc(C2CCc3cc4ccccc4cc3-c3cc4ccccc4cc32)cc2oc3ccccc3c12. The summed E-state index contributed by atoms with van der Waals surface area (Å²) in [6.45, 7) is 2.34. The first-order valence-corrected chi connectivity index (χ1v) is 25.3. The Labute approximate surface area is 410 Å². The van der Waals surface area contributed by atoms with Gasteiger partial charge < -0.3 is 4.42 Å². The highest BCUT2D eigenvalue weighted by Crippen LogP contribution is 2.47. The van der Waals surface area contributed by atoms with Crippen LogP contribution in [0.25, 0.3) is 91.6 Å². The molecule has 0 spiro atoms. The van der Waals surface area contributed by atoms with Crippen LogP contribution in [-0.4, -0.2) is 11.5 Å². The number of para-hydroxylation sites is 1. The summed E-state index contributed by atoms with van der Waals surface area (Å²) >= 11 is 1.82. The van der Waals surface area contributed by atoms with E-state index in [0.717, 1.165) is 80.7 Å². The molecule has 4 heteroatoms. The number of thiophene rings is 1. The first-order valence-electron chi connectivity index (χ1n) is 24.5. The molecule has 2 atom stereocenters. The fourth-order valence-corrected chi connectivity index (χ4v) is 12.7. The van der Waals surface area contributed by atoms with Crippen LogP contribution in [0.3, 0.4) is 0 Å². The standard InChI is InChI=1S/C66H46N2OS/c1-40-29-32-59(48-22-13-21-42(34-48)41-15-3-2-4-16-41)67-66(54-26-14-25-52-51-23-10-12-28-62(51)70-65(52)54)68-64(40)58-38-49(39-61-63(58)53-24-9-11-27-60(53)69-61)50-31-30-47-33-43-17-5-6-18-44(43)35-55(47)57-37-46-20-8-7-19-45(46)36-56(50)57/h2-28,32-40,50H,29-31H2,1H3/b59-32+,67-66?,68-64?. The van der Waals surface area contributed by atoms with Gasteiger partial charge in [-0.05, 0) is 134 Å². The molecule has 332 valence electrons. The molecule has 0 amide bonds. The molecule has 0 N–H and O–H groups in total. The zero-order valence-corrected chi connectivity index (χ0v) is 39.5. The molecular weight excluding hydrogens is 869 g/mol. The largest absolute Gasteiger partial charge is 0.456 e. The summed E-state index contributed by atoms with van der Waals surface area (Å²) < 4.78 is 9.39. The predicted octanol–water partition coefficient (Wildman–Crippen LogP) is 18.0. The monoisotopic (exact) mass is 914 g/mol. The molecule has 12 aromatic rings. The lowest BCUT2D eigenvalue weighted by atomic mass is 9.82. The van der Waals surface area contributed by atoms with Gasteiger partial charge in [-0.2, -0.15) is 0 Å². The molecule has 3 heterocycles. The topological polar surface area (TPSA) is 37.9 Å². The summed E-state index contributed by atoms with van der Waals surface area (Å²) in [6, 6.07) is 75.5. The molecule has 10 aromatic carbocycles. The van der Waals surface area contributed by atoms with E-state index in [1.165, 1.54) is 75.1 Å². The highest BCUT2D eigenvalue weighted by molar-refractivity contribution is 7.26. The number of aryl methyl sites for hydroxylation is 1. The Morgan fingerprint density at radius 2 is 1.17 bits per heavy atom. The lowest BCUT2D eigenvalue weighted by molar-refractivity contribution is 0.665. The van der Waals surface area contributed by atoms with Gasteiger partial charge in [-0.15, -0.1) is 11.3 Å². The summed E-state index contributed by atoms with van der Waals surface area (Å²) in [5.74, 6) is 0.851. The van der Waals surface area contributed by atoms with Crippen molar-refractivity contribution in [1.29, 1.82) is 0 Å². The van der Waals surface area contributed by atoms with Crippen LogP contribution in [0.4, 0.5) is 0 Å². The van der Waals surface area contributed by atoms with Gasteiger partial charge in [-0.1, -0.05) is 165 Å². The molecule has 0 fully saturated rings. The first-order chi connectivity index (χ1) is 34.6. The van der Waals surface area contributed by atoms with Crippen molar-refractivity contribution in [2.45, 2.75) is 32.1 Å². The summed E-state index contributed by atoms with van der Waals surface area (Å²) in [4.78, 5) is 11.6. The van der Waals surface area contributed by atoms with Gasteiger partial charge in [0.2, 0.25) is 0 Å². The van der Waals surface area contributed by atoms with E-state index >= 15 is 0 Å². The third-order valence-electron chi connectivity index (χ3n) is 14.9. The van der Waals surface area contributed by atoms with Crippen LogP contribution < -0.4 is 0 Å². The molecule has 0 saturated heterocycles. The molecule has 3 nitrogen and oxygen atoms in total. The smallest absolute Gasteiger partial charge is 0.161 e. The Morgan fingerprint density at radius 1 is 0.500 bits per heavy atom. The highest BCUT2D eigenvalue weighted by Gasteiger charge is 2.29. The van der Waals surface area contributed by atoms with Crippen molar-refractivity contribution < 1.29 is 4.42 Å². The quantitative estimate of drug-likeness (QED) is 0.169. The second-order valence-corrected chi connectivity index (χ2v) is 20.2. The van der Waals surface area contributed by atoms with Crippen LogP contribution in [0.1, 0.15) is 59.1 Å². The van der Waals surface area contributed by atoms with Crippen LogP contribution >= 0.6 is 11.3 Å². The van der Waals surface area contributed by atoms with Gasteiger partial charge in [-0.3, -0.25) is 0 Å². The molecule has 0 saturated carbocycles. The minimum atomic E-state index is 0.0357. The predicted molar refractivity (Wildman–Crippen MR) is 297 cm³/mol. The number of allylic oxidation sites excluding steroid dienone is 1. The second kappa shape index (κ2) is 16.5. The number of rotatable bonds is 5. The molecular formula is C66H46N2OS. The highest BCUT2D eigenvalue weighted by atomic mass is 32.1. The molecule has 2 aliphatic rings. The van der Waals surface area contributed by atoms with Crippen molar-refractivity contribution >= 4 is 92.2 Å². The Hall–Kier alpha value is -8.18. The number of benzene rings is 10. The Balaban J connectivity index is 1.01. The van der Waals surface area contributed by atoms with Gasteiger partial charge in [-0.25, -0.2) is 9.98 Å². The van der Waals surface area contributed by atoms with Gasteiger partial charge in [0.05, 0.1) is 11.4 Å². The Kier molecular flexibility index (Phi) is 9.63. The van der Waals surface area contributed by atoms with Crippen molar-refractivity contribution in [3.63, 3.8) is 0 Å². The van der Waals surface area contributed by atoms with Crippen LogP contribution in [0.2, 0.25) is 0 Å². The summed E-state index contributed by atoms with van der Waals surface area (Å²) in [5, 5.41) is 9.75. The minimum Gasteiger partial charge on any atom is -0.456 e. The van der Waals surface area contributed by atoms with E-state index in [2.05, 4.69) is 219 Å². The van der Waals surface area contributed by atoms with Crippen LogP contribution in [0, 0.1) is 5.92 Å². The molecule has 1 aliphatic carbocycles. The zero-order valence-electron chi connectivity index (χ0n) is 38.7. The molecule has 0 bridgehead atoms. The maximum absolute atomic E-state index is 6.94. The number of nitrogens with zero attached hydrogens (tertiary/aromatic N) is 2. The number of hydrogen-bond donors (Lipinski definition) is 0. The molecule has 70 heavy (non-hydrogen) atoms. The summed E-state index contributed by atoms with van der Waals surface area (Å²) in [5.41, 5.74) is 15.9.